The third-order valence-corrected chi connectivity index (χ3v) is 7.32. The fourth-order valence-electron chi connectivity index (χ4n) is 5.55. The van der Waals surface area contributed by atoms with Gasteiger partial charge >= 0.3 is 0 Å². The van der Waals surface area contributed by atoms with Gasteiger partial charge in [-0.1, -0.05) is 23.8 Å². The van der Waals surface area contributed by atoms with Crippen LogP contribution in [0.15, 0.2) is 52.0 Å². The van der Waals surface area contributed by atoms with Gasteiger partial charge in [0, 0.05) is 17.7 Å². The molecule has 1 aromatic heterocycles. The molecule has 4 aliphatic carbocycles. The minimum Gasteiger partial charge on any atom is -0.455 e. The van der Waals surface area contributed by atoms with Crippen molar-refractivity contribution in [2.24, 2.45) is 40.6 Å². The van der Waals surface area contributed by atoms with Crippen LogP contribution in [-0.4, -0.2) is 28.0 Å². The van der Waals surface area contributed by atoms with Crippen molar-refractivity contribution in [2.45, 2.75) is 6.42 Å². The minimum atomic E-state index is -0.513. The van der Waals surface area contributed by atoms with Crippen LogP contribution in [0.5, 0.6) is 0 Å². The Balaban J connectivity index is 1.25. The highest BCUT2D eigenvalue weighted by Gasteiger charge is 2.67. The molecule has 3 fully saturated rings. The SMILES string of the molecule is O=C1[C@H]2[C@@H]3C=C[C@H]([C@H]4C[C@H]34)[C@@H]2C(=O)N1/N=C\c1ccc(-c2cc([N+](=O)[O-])ccc2Cl)o1. The van der Waals surface area contributed by atoms with Gasteiger partial charge in [-0.2, -0.15) is 10.1 Å². The Bertz CT molecular complexity index is 1180. The first-order chi connectivity index (χ1) is 14.9. The second-order valence-corrected chi connectivity index (χ2v) is 8.92. The number of benzene rings is 1. The Morgan fingerprint density at radius 2 is 1.77 bits per heavy atom. The van der Waals surface area contributed by atoms with Crippen LogP contribution in [0, 0.1) is 45.6 Å². The van der Waals surface area contributed by atoms with Gasteiger partial charge in [0.25, 0.3) is 17.5 Å². The molecular weight excluding hydrogens is 422 g/mol. The number of nitro groups is 1. The van der Waals surface area contributed by atoms with Crippen molar-refractivity contribution < 1.29 is 18.9 Å². The number of hydrogen-bond acceptors (Lipinski definition) is 6. The van der Waals surface area contributed by atoms with Crippen molar-refractivity contribution in [3.63, 3.8) is 0 Å². The molecule has 0 unspecified atom stereocenters. The van der Waals surface area contributed by atoms with Gasteiger partial charge in [-0.05, 0) is 48.3 Å². The molecule has 1 aromatic carbocycles. The second-order valence-electron chi connectivity index (χ2n) is 8.51. The van der Waals surface area contributed by atoms with Crippen LogP contribution in [0.3, 0.4) is 0 Å². The average Bonchev–Trinajstić information content (AvgIpc) is 3.40. The molecule has 31 heavy (non-hydrogen) atoms. The maximum atomic E-state index is 12.9. The van der Waals surface area contributed by atoms with E-state index in [1.165, 1.54) is 24.4 Å². The third-order valence-electron chi connectivity index (χ3n) is 6.99. The molecule has 6 atom stereocenters. The summed E-state index contributed by atoms with van der Waals surface area (Å²) in [6.45, 7) is 0. The lowest BCUT2D eigenvalue weighted by Gasteiger charge is -2.37. The van der Waals surface area contributed by atoms with Crippen molar-refractivity contribution >= 4 is 35.3 Å². The number of nitrogens with zero attached hydrogens (tertiary/aromatic N) is 3. The zero-order chi connectivity index (χ0) is 21.4. The molecule has 5 aliphatic rings. The first-order valence-electron chi connectivity index (χ1n) is 10.1. The maximum absolute atomic E-state index is 12.9. The summed E-state index contributed by atoms with van der Waals surface area (Å²) in [6.07, 6.45) is 6.65. The van der Waals surface area contributed by atoms with Gasteiger partial charge in [-0.15, -0.1) is 0 Å². The average molecular weight is 438 g/mol. The van der Waals surface area contributed by atoms with E-state index in [4.69, 9.17) is 16.0 Å². The lowest BCUT2D eigenvalue weighted by molar-refractivity contribution is -0.384. The van der Waals surface area contributed by atoms with E-state index >= 15 is 0 Å². The number of hydrazone groups is 1. The maximum Gasteiger partial charge on any atom is 0.270 e. The van der Waals surface area contributed by atoms with Gasteiger partial charge in [0.05, 0.1) is 28.0 Å². The summed E-state index contributed by atoms with van der Waals surface area (Å²) in [7, 11) is 0. The summed E-state index contributed by atoms with van der Waals surface area (Å²) in [5.74, 6) is 0.869. The van der Waals surface area contributed by atoms with E-state index in [-0.39, 0.29) is 41.2 Å². The van der Waals surface area contributed by atoms with Gasteiger partial charge in [0.1, 0.15) is 11.5 Å². The number of halogens is 1. The number of allylic oxidation sites excluding steroid dienone is 2. The zero-order valence-electron chi connectivity index (χ0n) is 16.1. The third kappa shape index (κ3) is 2.64. The van der Waals surface area contributed by atoms with Gasteiger partial charge in [-0.25, -0.2) is 0 Å². The van der Waals surface area contributed by atoms with E-state index in [9.17, 15) is 19.7 Å². The van der Waals surface area contributed by atoms with E-state index in [0.29, 0.717) is 33.9 Å². The lowest BCUT2D eigenvalue weighted by atomic mass is 9.63. The van der Waals surface area contributed by atoms with Crippen LogP contribution < -0.4 is 0 Å². The standard InChI is InChI=1S/C22H16ClN3O5/c23-17-5-1-10(26(29)30)7-16(17)18-6-2-11(31-18)9-24-25-21(27)19-12-3-4-13(15-8-14(12)15)20(19)22(25)28/h1-7,9,12-15,19-20H,8H2/b24-9-/t12-,13-,14-,15-,19+,20+/m1/s1. The highest BCUT2D eigenvalue weighted by atomic mass is 35.5. The first-order valence-corrected chi connectivity index (χ1v) is 10.5. The largest absolute Gasteiger partial charge is 0.455 e. The number of rotatable bonds is 4. The Kier molecular flexibility index (Phi) is 3.80. The molecule has 0 radical (unpaired) electrons. The number of hydrogen-bond donors (Lipinski definition) is 0. The molecule has 0 spiro atoms. The van der Waals surface area contributed by atoms with Crippen molar-refractivity contribution in [1.82, 2.24) is 5.01 Å². The fraction of sp³-hybridized carbons (Fsp3) is 0.318. The molecular formula is C22H16ClN3O5. The fourth-order valence-corrected chi connectivity index (χ4v) is 5.76. The Morgan fingerprint density at radius 1 is 1.10 bits per heavy atom. The molecule has 156 valence electrons. The van der Waals surface area contributed by atoms with Crippen LogP contribution >= 0.6 is 11.6 Å². The molecule has 7 rings (SSSR count). The molecule has 2 amide bonds. The molecule has 2 heterocycles. The van der Waals surface area contributed by atoms with E-state index in [1.807, 2.05) is 0 Å². The minimum absolute atomic E-state index is 0.108. The normalized spacial score (nSPS) is 32.6. The van der Waals surface area contributed by atoms with Crippen LogP contribution in [0.2, 0.25) is 5.02 Å². The smallest absolute Gasteiger partial charge is 0.270 e. The summed E-state index contributed by atoms with van der Waals surface area (Å²) in [4.78, 5) is 36.4. The quantitative estimate of drug-likeness (QED) is 0.237. The molecule has 0 N–H and O–H groups in total. The number of amides is 2. The van der Waals surface area contributed by atoms with E-state index in [1.54, 1.807) is 12.1 Å². The summed E-state index contributed by atoms with van der Waals surface area (Å²) in [5, 5.41) is 16.5. The summed E-state index contributed by atoms with van der Waals surface area (Å²) in [6, 6.07) is 7.28. The van der Waals surface area contributed by atoms with Gasteiger partial charge in [0.2, 0.25) is 0 Å². The summed E-state index contributed by atoms with van der Waals surface area (Å²) < 4.78 is 5.69. The van der Waals surface area contributed by atoms with Gasteiger partial charge in [0.15, 0.2) is 0 Å². The number of nitro benzene ring substituents is 1. The number of imide groups is 1. The van der Waals surface area contributed by atoms with E-state index < -0.39 is 4.92 Å². The van der Waals surface area contributed by atoms with Crippen molar-refractivity contribution in [3.05, 3.63) is 63.4 Å². The Hall–Kier alpha value is -3.26. The van der Waals surface area contributed by atoms with Crippen molar-refractivity contribution in [3.8, 4) is 11.3 Å². The number of carbonyl (C=O) groups excluding carboxylic acids is 2. The highest BCUT2D eigenvalue weighted by Crippen LogP contribution is 2.65. The zero-order valence-corrected chi connectivity index (χ0v) is 16.8. The molecule has 8 nitrogen and oxygen atoms in total. The second kappa shape index (κ2) is 6.37. The first kappa shape index (κ1) is 18.5. The summed E-state index contributed by atoms with van der Waals surface area (Å²) in [5.41, 5.74) is 0.264. The Labute approximate surface area is 181 Å². The molecule has 2 bridgehead atoms. The van der Waals surface area contributed by atoms with Gasteiger partial charge in [-0.3, -0.25) is 19.7 Å². The number of non-ortho nitro benzene ring substituents is 1. The molecule has 1 aliphatic heterocycles. The highest BCUT2D eigenvalue weighted by molar-refractivity contribution is 6.33. The molecule has 2 saturated carbocycles. The molecule has 9 heteroatoms. The monoisotopic (exact) mass is 437 g/mol. The predicted octanol–water partition coefficient (Wildman–Crippen LogP) is 3.90. The van der Waals surface area contributed by atoms with Crippen LogP contribution in [0.1, 0.15) is 12.2 Å². The topological polar surface area (TPSA) is 106 Å². The van der Waals surface area contributed by atoms with Gasteiger partial charge < -0.3 is 4.42 Å². The predicted molar refractivity (Wildman–Crippen MR) is 110 cm³/mol. The van der Waals surface area contributed by atoms with E-state index in [2.05, 4.69) is 17.3 Å². The van der Waals surface area contributed by atoms with Crippen LogP contribution in [0.4, 0.5) is 5.69 Å². The lowest BCUT2D eigenvalue weighted by Crippen LogP contribution is -2.40. The molecule has 1 saturated heterocycles. The van der Waals surface area contributed by atoms with Crippen molar-refractivity contribution in [1.29, 1.82) is 0 Å². The van der Waals surface area contributed by atoms with E-state index in [0.717, 1.165) is 11.4 Å². The van der Waals surface area contributed by atoms with Crippen LogP contribution in [0.25, 0.3) is 11.3 Å². The number of furan rings is 1. The molecule has 2 aromatic rings. The number of carbonyl (C=O) groups is 2. The van der Waals surface area contributed by atoms with Crippen LogP contribution in [-0.2, 0) is 9.59 Å². The van der Waals surface area contributed by atoms with Crippen molar-refractivity contribution in [2.75, 3.05) is 0 Å². The Morgan fingerprint density at radius 3 is 2.42 bits per heavy atom. The summed E-state index contributed by atoms with van der Waals surface area (Å²) >= 11 is 6.16.